The number of anilines is 1. The van der Waals surface area contributed by atoms with Crippen molar-refractivity contribution in [3.05, 3.63) is 39.4 Å². The van der Waals surface area contributed by atoms with E-state index in [4.69, 9.17) is 0 Å². The molecular weight excluding hydrogens is 294 g/mol. The lowest BCUT2D eigenvalue weighted by Gasteiger charge is -2.23. The maximum atomic E-state index is 12.2. The number of hydrogen-bond donors (Lipinski definition) is 1. The lowest BCUT2D eigenvalue weighted by atomic mass is 10.1. The van der Waals surface area contributed by atoms with Gasteiger partial charge < -0.3 is 5.32 Å². The summed E-state index contributed by atoms with van der Waals surface area (Å²) in [7, 11) is 0. The molecule has 1 aliphatic carbocycles. The van der Waals surface area contributed by atoms with Gasteiger partial charge in [0.05, 0.1) is 0 Å². The van der Waals surface area contributed by atoms with Crippen LogP contribution in [0.3, 0.4) is 0 Å². The monoisotopic (exact) mass is 317 g/mol. The highest BCUT2D eigenvalue weighted by molar-refractivity contribution is 5.95. The smallest absolute Gasteiger partial charge is 0.234 e. The first-order valence-electron chi connectivity index (χ1n) is 8.30. The fraction of sp³-hybridized carbons (Fsp3) is 0.588. The molecule has 1 amide bonds. The molecule has 23 heavy (non-hydrogen) atoms. The van der Waals surface area contributed by atoms with Crippen LogP contribution in [0.1, 0.15) is 44.2 Å². The zero-order chi connectivity index (χ0) is 16.6. The maximum Gasteiger partial charge on any atom is 0.234 e. The van der Waals surface area contributed by atoms with Crippen LogP contribution in [0.4, 0.5) is 5.69 Å². The van der Waals surface area contributed by atoms with Gasteiger partial charge in [-0.15, -0.1) is 0 Å². The number of nitrogens with one attached hydrogen (secondary N) is 1. The second-order valence-electron chi connectivity index (χ2n) is 6.67. The van der Waals surface area contributed by atoms with Crippen LogP contribution in [0.25, 0.3) is 0 Å². The van der Waals surface area contributed by atoms with E-state index in [1.165, 1.54) is 5.56 Å². The molecule has 6 heteroatoms. The molecule has 0 bridgehead atoms. The van der Waals surface area contributed by atoms with Crippen molar-refractivity contribution in [3.63, 3.8) is 0 Å². The molecule has 0 aromatic heterocycles. The summed E-state index contributed by atoms with van der Waals surface area (Å²) in [5.41, 5.74) is 3.21. The molecule has 0 spiro atoms. The van der Waals surface area contributed by atoms with Crippen LogP contribution in [0.15, 0.2) is 18.2 Å². The molecule has 124 valence electrons. The third-order valence-corrected chi connectivity index (χ3v) is 4.96. The normalized spacial score (nSPS) is 24.1. The fourth-order valence-electron chi connectivity index (χ4n) is 3.40. The minimum atomic E-state index is -0.701. The Balaban J connectivity index is 1.69. The summed E-state index contributed by atoms with van der Waals surface area (Å²) >= 11 is 0. The molecule has 1 aromatic carbocycles. The first kappa shape index (κ1) is 15.9. The van der Waals surface area contributed by atoms with Crippen molar-refractivity contribution in [3.8, 4) is 0 Å². The predicted molar refractivity (Wildman–Crippen MR) is 87.6 cm³/mol. The SMILES string of the molecule is CCC[C@H](C)N1Cc2cccc(NC(=O)[C@@H]3C[C@@H]3[N+](=O)[O-])c2C1. The molecule has 3 rings (SSSR count). The predicted octanol–water partition coefficient (Wildman–Crippen LogP) is 2.79. The third-order valence-electron chi connectivity index (χ3n) is 4.96. The summed E-state index contributed by atoms with van der Waals surface area (Å²) in [5.74, 6) is -0.697. The highest BCUT2D eigenvalue weighted by Gasteiger charge is 2.53. The fourth-order valence-corrected chi connectivity index (χ4v) is 3.40. The van der Waals surface area contributed by atoms with Gasteiger partial charge in [-0.3, -0.25) is 19.8 Å². The zero-order valence-corrected chi connectivity index (χ0v) is 13.6. The van der Waals surface area contributed by atoms with Gasteiger partial charge in [-0.05, 0) is 30.5 Å². The van der Waals surface area contributed by atoms with E-state index < -0.39 is 12.0 Å². The minimum absolute atomic E-state index is 0.222. The van der Waals surface area contributed by atoms with E-state index in [0.29, 0.717) is 12.5 Å². The van der Waals surface area contributed by atoms with Crippen LogP contribution < -0.4 is 5.32 Å². The van der Waals surface area contributed by atoms with E-state index in [9.17, 15) is 14.9 Å². The Morgan fingerprint density at radius 2 is 2.26 bits per heavy atom. The first-order valence-corrected chi connectivity index (χ1v) is 8.30. The van der Waals surface area contributed by atoms with Gasteiger partial charge in [0.25, 0.3) is 0 Å². The van der Waals surface area contributed by atoms with E-state index in [2.05, 4.69) is 30.1 Å². The molecule has 0 unspecified atom stereocenters. The van der Waals surface area contributed by atoms with Crippen molar-refractivity contribution in [2.24, 2.45) is 5.92 Å². The van der Waals surface area contributed by atoms with E-state index in [1.54, 1.807) is 0 Å². The van der Waals surface area contributed by atoms with Crippen LogP contribution in [0.2, 0.25) is 0 Å². The Bertz CT molecular complexity index is 632. The van der Waals surface area contributed by atoms with E-state index >= 15 is 0 Å². The largest absolute Gasteiger partial charge is 0.325 e. The molecule has 0 saturated heterocycles. The molecule has 3 atom stereocenters. The highest BCUT2D eigenvalue weighted by Crippen LogP contribution is 2.36. The van der Waals surface area contributed by atoms with Gasteiger partial charge in [0.2, 0.25) is 11.9 Å². The van der Waals surface area contributed by atoms with Gasteiger partial charge in [0.1, 0.15) is 5.92 Å². The minimum Gasteiger partial charge on any atom is -0.325 e. The summed E-state index contributed by atoms with van der Waals surface area (Å²) in [4.78, 5) is 25.0. The Morgan fingerprint density at radius 3 is 2.91 bits per heavy atom. The van der Waals surface area contributed by atoms with E-state index in [-0.39, 0.29) is 10.8 Å². The van der Waals surface area contributed by atoms with Crippen molar-refractivity contribution < 1.29 is 9.72 Å². The number of amides is 1. The average Bonchev–Trinajstić information content (AvgIpc) is 3.20. The Labute approximate surface area is 136 Å². The zero-order valence-electron chi connectivity index (χ0n) is 13.6. The van der Waals surface area contributed by atoms with Crippen molar-refractivity contribution in [2.45, 2.75) is 58.3 Å². The molecular formula is C17H23N3O3. The third kappa shape index (κ3) is 3.22. The second kappa shape index (κ2) is 6.28. The van der Waals surface area contributed by atoms with Gasteiger partial charge in [0.15, 0.2) is 0 Å². The maximum absolute atomic E-state index is 12.2. The Kier molecular flexibility index (Phi) is 4.35. The summed E-state index contributed by atoms with van der Waals surface area (Å²) in [6, 6.07) is 5.75. The lowest BCUT2D eigenvalue weighted by Crippen LogP contribution is -2.27. The number of nitro groups is 1. The Morgan fingerprint density at radius 1 is 1.48 bits per heavy atom. The van der Waals surface area contributed by atoms with Crippen molar-refractivity contribution >= 4 is 11.6 Å². The molecule has 6 nitrogen and oxygen atoms in total. The number of nitrogens with zero attached hydrogens (tertiary/aromatic N) is 2. The molecule has 1 heterocycles. The summed E-state index contributed by atoms with van der Waals surface area (Å²) in [5, 5.41) is 13.6. The summed E-state index contributed by atoms with van der Waals surface area (Å²) in [6.07, 6.45) is 2.66. The van der Waals surface area contributed by atoms with Crippen LogP contribution in [0, 0.1) is 16.0 Å². The van der Waals surface area contributed by atoms with Crippen LogP contribution in [-0.4, -0.2) is 27.8 Å². The molecule has 1 aliphatic heterocycles. The molecule has 1 fully saturated rings. The number of benzene rings is 1. The van der Waals surface area contributed by atoms with Crippen LogP contribution in [-0.2, 0) is 17.9 Å². The lowest BCUT2D eigenvalue weighted by molar-refractivity contribution is -0.497. The molecule has 1 saturated carbocycles. The quantitative estimate of drug-likeness (QED) is 0.646. The van der Waals surface area contributed by atoms with Crippen molar-refractivity contribution in [1.29, 1.82) is 0 Å². The van der Waals surface area contributed by atoms with Crippen molar-refractivity contribution in [2.75, 3.05) is 5.32 Å². The van der Waals surface area contributed by atoms with Gasteiger partial charge in [-0.1, -0.05) is 25.5 Å². The number of carbonyl (C=O) groups is 1. The van der Waals surface area contributed by atoms with E-state index in [1.807, 2.05) is 12.1 Å². The number of carbonyl (C=O) groups excluding carboxylic acids is 1. The number of fused-ring (bicyclic) bond motifs is 1. The summed E-state index contributed by atoms with van der Waals surface area (Å²) in [6.45, 7) is 6.16. The molecule has 1 aromatic rings. The second-order valence-corrected chi connectivity index (χ2v) is 6.67. The van der Waals surface area contributed by atoms with E-state index in [0.717, 1.165) is 37.2 Å². The molecule has 2 aliphatic rings. The van der Waals surface area contributed by atoms with Crippen LogP contribution >= 0.6 is 0 Å². The van der Waals surface area contributed by atoms with Gasteiger partial charge in [-0.25, -0.2) is 0 Å². The van der Waals surface area contributed by atoms with Gasteiger partial charge >= 0.3 is 0 Å². The molecule has 1 N–H and O–H groups in total. The molecule has 0 radical (unpaired) electrons. The average molecular weight is 317 g/mol. The number of rotatable bonds is 6. The van der Waals surface area contributed by atoms with Crippen molar-refractivity contribution in [1.82, 2.24) is 4.90 Å². The summed E-state index contributed by atoms with van der Waals surface area (Å²) < 4.78 is 0. The number of hydrogen-bond acceptors (Lipinski definition) is 4. The van der Waals surface area contributed by atoms with Gasteiger partial charge in [0, 0.05) is 36.2 Å². The van der Waals surface area contributed by atoms with Crippen LogP contribution in [0.5, 0.6) is 0 Å². The highest BCUT2D eigenvalue weighted by atomic mass is 16.6. The Hall–Kier alpha value is -1.95. The first-order chi connectivity index (χ1) is 11.0. The standard InChI is InChI=1S/C17H23N3O3/c1-3-5-11(2)19-9-12-6-4-7-15(14(12)10-19)18-17(21)13-8-16(13)20(22)23/h4,6-7,11,13,16H,3,5,8-10H2,1-2H3,(H,18,21)/t11-,13+,16-/m0/s1. The van der Waals surface area contributed by atoms with Gasteiger partial charge in [-0.2, -0.15) is 0 Å². The topological polar surface area (TPSA) is 75.5 Å².